The number of anilines is 1. The number of rotatable bonds is 7. The van der Waals surface area contributed by atoms with Crippen LogP contribution in [0.3, 0.4) is 0 Å². The van der Waals surface area contributed by atoms with E-state index in [4.69, 9.17) is 4.42 Å². The van der Waals surface area contributed by atoms with Gasteiger partial charge in [-0.25, -0.2) is 0 Å². The molecular weight excluding hydrogens is 408 g/mol. The number of thioether (sulfide) groups is 1. The van der Waals surface area contributed by atoms with E-state index in [2.05, 4.69) is 10.2 Å². The smallest absolute Gasteiger partial charge is 0.237 e. The van der Waals surface area contributed by atoms with Crippen molar-refractivity contribution in [2.24, 2.45) is 0 Å². The Balaban J connectivity index is 1.64. The largest absolute Gasteiger partial charge is 0.469 e. The van der Waals surface area contributed by atoms with Crippen LogP contribution < -0.4 is 4.90 Å². The van der Waals surface area contributed by atoms with Crippen LogP contribution in [-0.4, -0.2) is 32.5 Å². The van der Waals surface area contributed by atoms with Crippen LogP contribution in [0.4, 0.5) is 5.69 Å². The topological polar surface area (TPSA) is 64.2 Å². The molecule has 0 aliphatic heterocycles. The Hall–Kier alpha value is -3.32. The second-order valence-corrected chi connectivity index (χ2v) is 8.29. The first-order valence-electron chi connectivity index (χ1n) is 10.1. The molecule has 158 valence electrons. The molecule has 2 heterocycles. The Morgan fingerprint density at radius 2 is 1.71 bits per heavy atom. The van der Waals surface area contributed by atoms with Gasteiger partial charge in [-0.15, -0.1) is 10.2 Å². The Bertz CT molecular complexity index is 1150. The van der Waals surface area contributed by atoms with Gasteiger partial charge in [-0.2, -0.15) is 0 Å². The summed E-state index contributed by atoms with van der Waals surface area (Å²) in [6, 6.07) is 21.6. The number of hydrogen-bond acceptors (Lipinski definition) is 5. The molecule has 0 bridgehead atoms. The third kappa shape index (κ3) is 4.41. The van der Waals surface area contributed by atoms with Crippen molar-refractivity contribution in [2.45, 2.75) is 32.0 Å². The zero-order chi connectivity index (χ0) is 21.8. The Morgan fingerprint density at radius 1 is 1.03 bits per heavy atom. The van der Waals surface area contributed by atoms with Crippen LogP contribution >= 0.6 is 11.8 Å². The first kappa shape index (κ1) is 20.9. The lowest BCUT2D eigenvalue weighted by molar-refractivity contribution is -0.116. The minimum Gasteiger partial charge on any atom is -0.469 e. The van der Waals surface area contributed by atoms with E-state index in [-0.39, 0.29) is 17.7 Å². The molecule has 0 aliphatic carbocycles. The normalized spacial score (nSPS) is 11.1. The first-order valence-corrected chi connectivity index (χ1v) is 11.1. The van der Waals surface area contributed by atoms with Crippen LogP contribution in [0.2, 0.25) is 0 Å². The molecule has 7 heteroatoms. The molecule has 0 spiro atoms. The van der Waals surface area contributed by atoms with E-state index < -0.39 is 0 Å². The molecule has 1 amide bonds. The van der Waals surface area contributed by atoms with Gasteiger partial charge in [0.2, 0.25) is 5.91 Å². The van der Waals surface area contributed by atoms with Gasteiger partial charge in [0.1, 0.15) is 5.76 Å². The third-order valence-electron chi connectivity index (χ3n) is 4.89. The molecule has 0 saturated heterocycles. The van der Waals surface area contributed by atoms with Crippen LogP contribution in [-0.2, 0) is 4.79 Å². The summed E-state index contributed by atoms with van der Waals surface area (Å²) in [7, 11) is 0. The van der Waals surface area contributed by atoms with Crippen molar-refractivity contribution in [1.29, 1.82) is 0 Å². The minimum atomic E-state index is 0.0230. The maximum absolute atomic E-state index is 13.1. The van der Waals surface area contributed by atoms with Gasteiger partial charge < -0.3 is 9.32 Å². The number of hydrogen-bond donors (Lipinski definition) is 0. The van der Waals surface area contributed by atoms with Crippen molar-refractivity contribution >= 4 is 23.4 Å². The monoisotopic (exact) mass is 432 g/mol. The molecule has 4 aromatic rings. The van der Waals surface area contributed by atoms with E-state index in [1.165, 1.54) is 11.8 Å². The standard InChI is InChI=1S/C24H24N4O2S/c1-17(2)27(19-10-6-4-7-11-19)22(29)16-31-24-26-25-23(21-14-15-30-18(21)3)28(24)20-12-8-5-9-13-20/h4-15,17H,16H2,1-3H3. The molecule has 0 saturated carbocycles. The molecule has 6 nitrogen and oxygen atoms in total. The molecule has 2 aromatic carbocycles. The van der Waals surface area contributed by atoms with Gasteiger partial charge in [0.15, 0.2) is 11.0 Å². The highest BCUT2D eigenvalue weighted by atomic mass is 32.2. The predicted octanol–water partition coefficient (Wildman–Crippen LogP) is 5.37. The molecule has 0 atom stereocenters. The van der Waals surface area contributed by atoms with Gasteiger partial charge in [0.05, 0.1) is 17.6 Å². The average molecular weight is 433 g/mol. The molecule has 0 unspecified atom stereocenters. The predicted molar refractivity (Wildman–Crippen MR) is 124 cm³/mol. The Morgan fingerprint density at radius 3 is 2.32 bits per heavy atom. The lowest BCUT2D eigenvalue weighted by atomic mass is 10.2. The van der Waals surface area contributed by atoms with Crippen molar-refractivity contribution < 1.29 is 9.21 Å². The number of benzene rings is 2. The van der Waals surface area contributed by atoms with Crippen LogP contribution in [0, 0.1) is 6.92 Å². The van der Waals surface area contributed by atoms with E-state index in [9.17, 15) is 4.79 Å². The maximum Gasteiger partial charge on any atom is 0.237 e. The number of carbonyl (C=O) groups excluding carboxylic acids is 1. The zero-order valence-corrected chi connectivity index (χ0v) is 18.5. The fourth-order valence-electron chi connectivity index (χ4n) is 3.48. The fraction of sp³-hybridized carbons (Fsp3) is 0.208. The lowest BCUT2D eigenvalue weighted by Gasteiger charge is -2.26. The summed E-state index contributed by atoms with van der Waals surface area (Å²) < 4.78 is 7.45. The molecule has 0 radical (unpaired) electrons. The van der Waals surface area contributed by atoms with Crippen molar-refractivity contribution in [3.63, 3.8) is 0 Å². The van der Waals surface area contributed by atoms with Gasteiger partial charge >= 0.3 is 0 Å². The average Bonchev–Trinajstić information content (AvgIpc) is 3.39. The van der Waals surface area contributed by atoms with Crippen molar-refractivity contribution in [2.75, 3.05) is 10.7 Å². The summed E-state index contributed by atoms with van der Waals surface area (Å²) in [6.07, 6.45) is 1.64. The second-order valence-electron chi connectivity index (χ2n) is 7.35. The fourth-order valence-corrected chi connectivity index (χ4v) is 4.29. The van der Waals surface area contributed by atoms with E-state index in [1.54, 1.807) is 6.26 Å². The Labute approximate surface area is 185 Å². The van der Waals surface area contributed by atoms with Gasteiger partial charge in [-0.05, 0) is 51.1 Å². The number of para-hydroxylation sites is 2. The SMILES string of the molecule is Cc1occc1-c1nnc(SCC(=O)N(c2ccccc2)C(C)C)n1-c1ccccc1. The van der Waals surface area contributed by atoms with Crippen LogP contribution in [0.1, 0.15) is 19.6 Å². The van der Waals surface area contributed by atoms with Crippen molar-refractivity contribution in [1.82, 2.24) is 14.8 Å². The van der Waals surface area contributed by atoms with E-state index in [0.29, 0.717) is 11.0 Å². The number of aryl methyl sites for hydroxylation is 1. The second kappa shape index (κ2) is 9.22. The van der Waals surface area contributed by atoms with Crippen LogP contribution in [0.5, 0.6) is 0 Å². The summed E-state index contributed by atoms with van der Waals surface area (Å²) in [5.41, 5.74) is 2.70. The summed E-state index contributed by atoms with van der Waals surface area (Å²) in [5, 5.41) is 9.48. The van der Waals surface area contributed by atoms with Crippen LogP contribution in [0.25, 0.3) is 17.1 Å². The molecule has 4 rings (SSSR count). The summed E-state index contributed by atoms with van der Waals surface area (Å²) in [5.74, 6) is 1.74. The van der Waals surface area contributed by atoms with E-state index in [0.717, 1.165) is 22.7 Å². The van der Waals surface area contributed by atoms with Crippen molar-refractivity contribution in [3.8, 4) is 17.1 Å². The summed E-state index contributed by atoms with van der Waals surface area (Å²) in [4.78, 5) is 14.9. The highest BCUT2D eigenvalue weighted by molar-refractivity contribution is 7.99. The quantitative estimate of drug-likeness (QED) is 0.367. The van der Waals surface area contributed by atoms with Crippen LogP contribution in [0.15, 0.2) is 82.6 Å². The summed E-state index contributed by atoms with van der Waals surface area (Å²) in [6.45, 7) is 5.93. The van der Waals surface area contributed by atoms with Gasteiger partial charge in [0.25, 0.3) is 0 Å². The first-order chi connectivity index (χ1) is 15.1. The highest BCUT2D eigenvalue weighted by Gasteiger charge is 2.23. The van der Waals surface area contributed by atoms with Gasteiger partial charge in [-0.1, -0.05) is 48.2 Å². The molecule has 31 heavy (non-hydrogen) atoms. The van der Waals surface area contributed by atoms with Gasteiger partial charge in [-0.3, -0.25) is 9.36 Å². The molecule has 0 N–H and O–H groups in total. The highest BCUT2D eigenvalue weighted by Crippen LogP contribution is 2.30. The zero-order valence-electron chi connectivity index (χ0n) is 17.7. The number of furan rings is 1. The third-order valence-corrected chi connectivity index (χ3v) is 5.81. The summed E-state index contributed by atoms with van der Waals surface area (Å²) >= 11 is 1.38. The number of amides is 1. The maximum atomic E-state index is 13.1. The molecule has 0 fully saturated rings. The van der Waals surface area contributed by atoms with Crippen molar-refractivity contribution in [3.05, 3.63) is 78.8 Å². The van der Waals surface area contributed by atoms with E-state index >= 15 is 0 Å². The molecule has 0 aliphatic rings. The van der Waals surface area contributed by atoms with Gasteiger partial charge in [0, 0.05) is 17.4 Å². The lowest BCUT2D eigenvalue weighted by Crippen LogP contribution is -2.38. The Kier molecular flexibility index (Phi) is 6.23. The molecule has 2 aromatic heterocycles. The minimum absolute atomic E-state index is 0.0230. The van der Waals surface area contributed by atoms with E-state index in [1.807, 2.05) is 97.0 Å². The number of aromatic nitrogens is 3. The molecular formula is C24H24N4O2S. The number of nitrogens with zero attached hydrogens (tertiary/aromatic N) is 4. The number of carbonyl (C=O) groups is 1.